The molecule has 32 heavy (non-hydrogen) atoms. The molecule has 2 nitrogen and oxygen atoms in total. The summed E-state index contributed by atoms with van der Waals surface area (Å²) in [6, 6.07) is 15.8. The summed E-state index contributed by atoms with van der Waals surface area (Å²) in [5.74, 6) is 0.261. The fourth-order valence-electron chi connectivity index (χ4n) is 3.81. The molecule has 0 fully saturated rings. The van der Waals surface area contributed by atoms with Crippen molar-refractivity contribution in [3.63, 3.8) is 0 Å². The van der Waals surface area contributed by atoms with Crippen molar-refractivity contribution in [1.29, 1.82) is 0 Å². The second-order valence-corrected chi connectivity index (χ2v) is 9.83. The maximum Gasteiger partial charge on any atom is 0.115 e. The first-order chi connectivity index (χ1) is 14.8. The van der Waals surface area contributed by atoms with Crippen LogP contribution in [0.2, 0.25) is 5.02 Å². The maximum atomic E-state index is 8.88. The van der Waals surface area contributed by atoms with Crippen molar-refractivity contribution in [2.24, 2.45) is 0 Å². The number of aryl methyl sites for hydroxylation is 1. The predicted molar refractivity (Wildman–Crippen MR) is 137 cm³/mol. The Labute approximate surface area is 209 Å². The van der Waals surface area contributed by atoms with Crippen molar-refractivity contribution in [1.82, 2.24) is 0 Å². The van der Waals surface area contributed by atoms with Crippen LogP contribution in [-0.4, -0.2) is 30.2 Å². The van der Waals surface area contributed by atoms with Gasteiger partial charge in [0, 0.05) is 10.6 Å². The molecule has 0 unspecified atom stereocenters. The van der Waals surface area contributed by atoms with Crippen LogP contribution in [-0.2, 0) is 6.54 Å². The molecule has 2 rings (SSSR count). The summed E-state index contributed by atoms with van der Waals surface area (Å²) in [6.45, 7) is 6.59. The zero-order valence-corrected chi connectivity index (χ0v) is 22.3. The molecule has 0 aliphatic rings. The van der Waals surface area contributed by atoms with Gasteiger partial charge in [0.05, 0.1) is 20.6 Å². The molecular formula is C28H45Cl2NO. The van der Waals surface area contributed by atoms with Crippen LogP contribution in [0.5, 0.6) is 5.75 Å². The van der Waals surface area contributed by atoms with Gasteiger partial charge in [-0.1, -0.05) is 100 Å². The summed E-state index contributed by atoms with van der Waals surface area (Å²) >= 11 is 5.67. The number of rotatable bonds is 13. The highest BCUT2D eigenvalue weighted by atomic mass is 35.5. The first-order valence-corrected chi connectivity index (χ1v) is 12.5. The van der Waals surface area contributed by atoms with E-state index in [0.717, 1.165) is 16.6 Å². The highest BCUT2D eigenvalue weighted by molar-refractivity contribution is 6.31. The van der Waals surface area contributed by atoms with E-state index in [0.29, 0.717) is 5.02 Å². The van der Waals surface area contributed by atoms with E-state index < -0.39 is 0 Å². The van der Waals surface area contributed by atoms with Crippen molar-refractivity contribution in [3.8, 4) is 5.75 Å². The summed E-state index contributed by atoms with van der Waals surface area (Å²) in [6.07, 6.45) is 14.2. The normalized spacial score (nSPS) is 10.8. The average molecular weight is 483 g/mol. The largest absolute Gasteiger partial charge is 1.00 e. The van der Waals surface area contributed by atoms with Gasteiger partial charge in [-0.15, -0.1) is 0 Å². The number of phenols is 1. The van der Waals surface area contributed by atoms with Crippen LogP contribution in [0.25, 0.3) is 0 Å². The number of nitrogens with zero attached hydrogens (tertiary/aromatic N) is 1. The molecule has 0 heterocycles. The van der Waals surface area contributed by atoms with Crippen LogP contribution >= 0.6 is 11.6 Å². The van der Waals surface area contributed by atoms with Gasteiger partial charge in [0.25, 0.3) is 0 Å². The van der Waals surface area contributed by atoms with E-state index in [9.17, 15) is 0 Å². The van der Waals surface area contributed by atoms with Gasteiger partial charge < -0.3 is 22.0 Å². The lowest BCUT2D eigenvalue weighted by Gasteiger charge is -2.30. The smallest absolute Gasteiger partial charge is 0.115 e. The van der Waals surface area contributed by atoms with Gasteiger partial charge >= 0.3 is 0 Å². The Morgan fingerprint density at radius 3 is 1.81 bits per heavy atom. The monoisotopic (exact) mass is 481 g/mol. The SMILES string of the molecule is CCCCCCCCCCCC[N+](C)(C)Cc1ccccc1.Cc1cc(O)ccc1Cl.[Cl-]. The molecule has 0 aliphatic heterocycles. The third kappa shape index (κ3) is 15.6. The van der Waals surface area contributed by atoms with Crippen LogP contribution in [0.4, 0.5) is 0 Å². The summed E-state index contributed by atoms with van der Waals surface area (Å²) in [5.41, 5.74) is 2.36. The molecule has 0 saturated carbocycles. The standard InChI is InChI=1S/C21H38N.C7H7ClO.ClH/c1-4-5-6-7-8-9-10-11-12-16-19-22(2,3)20-21-17-14-13-15-18-21;1-5-4-6(9)2-3-7(5)8;/h13-15,17-18H,4-12,16,19-20H2,1-3H3;2-4,9H,1H3;1H/q+1;;/p-1. The minimum atomic E-state index is 0. The molecule has 4 heteroatoms. The van der Waals surface area contributed by atoms with E-state index in [-0.39, 0.29) is 18.2 Å². The quantitative estimate of drug-likeness (QED) is 0.294. The van der Waals surface area contributed by atoms with Crippen LogP contribution in [0.1, 0.15) is 82.3 Å². The third-order valence-electron chi connectivity index (χ3n) is 5.71. The van der Waals surface area contributed by atoms with Gasteiger partial charge in [0.1, 0.15) is 12.3 Å². The number of phenolic OH excluding ortho intramolecular Hbond substituents is 1. The number of quaternary nitrogens is 1. The van der Waals surface area contributed by atoms with Crippen LogP contribution in [0.3, 0.4) is 0 Å². The fraction of sp³-hybridized carbons (Fsp3) is 0.571. The van der Waals surface area contributed by atoms with E-state index >= 15 is 0 Å². The van der Waals surface area contributed by atoms with Gasteiger partial charge in [0.2, 0.25) is 0 Å². The molecule has 0 bridgehead atoms. The molecule has 0 atom stereocenters. The van der Waals surface area contributed by atoms with Gasteiger partial charge in [0.15, 0.2) is 0 Å². The van der Waals surface area contributed by atoms with Crippen molar-refractivity contribution in [3.05, 3.63) is 64.7 Å². The summed E-state index contributed by atoms with van der Waals surface area (Å²) < 4.78 is 1.11. The number of unbranched alkanes of at least 4 members (excludes halogenated alkanes) is 9. The van der Waals surface area contributed by atoms with Crippen LogP contribution < -0.4 is 12.4 Å². The first-order valence-electron chi connectivity index (χ1n) is 12.1. The van der Waals surface area contributed by atoms with E-state index in [1.165, 1.54) is 76.3 Å². The predicted octanol–water partition coefficient (Wildman–Crippen LogP) is 5.54. The van der Waals surface area contributed by atoms with Crippen LogP contribution in [0.15, 0.2) is 48.5 Å². The maximum absolute atomic E-state index is 8.88. The van der Waals surface area contributed by atoms with Crippen molar-refractivity contribution in [2.75, 3.05) is 20.6 Å². The molecule has 2 aromatic carbocycles. The lowest BCUT2D eigenvalue weighted by Crippen LogP contribution is -3.00. The number of benzene rings is 2. The van der Waals surface area contributed by atoms with Gasteiger partial charge in [-0.3, -0.25) is 0 Å². The Hall–Kier alpha value is -1.22. The molecular weight excluding hydrogens is 437 g/mol. The summed E-state index contributed by atoms with van der Waals surface area (Å²) in [5, 5.41) is 9.57. The Balaban J connectivity index is 0.000000803. The Kier molecular flexibility index (Phi) is 17.5. The van der Waals surface area contributed by atoms with Crippen molar-refractivity contribution < 1.29 is 22.0 Å². The molecule has 0 aromatic heterocycles. The zero-order chi connectivity index (χ0) is 23.0. The highest BCUT2D eigenvalue weighted by Gasteiger charge is 2.14. The molecule has 0 spiro atoms. The summed E-state index contributed by atoms with van der Waals surface area (Å²) in [4.78, 5) is 0. The topological polar surface area (TPSA) is 20.2 Å². The Morgan fingerprint density at radius 1 is 0.781 bits per heavy atom. The average Bonchev–Trinajstić information content (AvgIpc) is 2.73. The molecule has 182 valence electrons. The zero-order valence-electron chi connectivity index (χ0n) is 20.8. The Bertz CT molecular complexity index is 704. The van der Waals surface area contributed by atoms with E-state index in [4.69, 9.17) is 16.7 Å². The minimum absolute atomic E-state index is 0. The second kappa shape index (κ2) is 18.2. The molecule has 1 N–H and O–H groups in total. The Morgan fingerprint density at radius 2 is 1.31 bits per heavy atom. The highest BCUT2D eigenvalue weighted by Crippen LogP contribution is 2.19. The lowest BCUT2D eigenvalue weighted by atomic mass is 10.1. The van der Waals surface area contributed by atoms with Gasteiger partial charge in [-0.05, 0) is 43.5 Å². The third-order valence-corrected chi connectivity index (χ3v) is 6.14. The molecule has 0 amide bonds. The van der Waals surface area contributed by atoms with E-state index in [2.05, 4.69) is 51.4 Å². The fourth-order valence-corrected chi connectivity index (χ4v) is 3.93. The number of hydrogen-bond donors (Lipinski definition) is 1. The molecule has 2 aromatic rings. The summed E-state index contributed by atoms with van der Waals surface area (Å²) in [7, 11) is 4.72. The minimum Gasteiger partial charge on any atom is -1.00 e. The van der Waals surface area contributed by atoms with E-state index in [1.807, 2.05) is 6.92 Å². The second-order valence-electron chi connectivity index (χ2n) is 9.42. The van der Waals surface area contributed by atoms with Crippen molar-refractivity contribution in [2.45, 2.75) is 84.6 Å². The number of halogens is 2. The van der Waals surface area contributed by atoms with E-state index in [1.54, 1.807) is 18.2 Å². The van der Waals surface area contributed by atoms with Crippen LogP contribution in [0, 0.1) is 6.92 Å². The molecule has 0 aliphatic carbocycles. The van der Waals surface area contributed by atoms with Gasteiger partial charge in [-0.2, -0.15) is 0 Å². The number of aromatic hydroxyl groups is 1. The van der Waals surface area contributed by atoms with Gasteiger partial charge in [-0.25, -0.2) is 0 Å². The lowest BCUT2D eigenvalue weighted by molar-refractivity contribution is -0.903. The molecule has 0 saturated heterocycles. The first kappa shape index (κ1) is 30.8. The number of hydrogen-bond acceptors (Lipinski definition) is 1. The molecule has 0 radical (unpaired) electrons. The van der Waals surface area contributed by atoms with Crippen molar-refractivity contribution >= 4 is 11.6 Å².